The van der Waals surface area contributed by atoms with Crippen molar-refractivity contribution in [3.63, 3.8) is 0 Å². The van der Waals surface area contributed by atoms with E-state index in [1.807, 2.05) is 4.90 Å². The molecule has 0 unspecified atom stereocenters. The van der Waals surface area contributed by atoms with Crippen molar-refractivity contribution in [2.75, 3.05) is 26.9 Å². The van der Waals surface area contributed by atoms with Gasteiger partial charge in [-0.1, -0.05) is 6.92 Å². The van der Waals surface area contributed by atoms with Crippen molar-refractivity contribution in [3.8, 4) is 0 Å². The van der Waals surface area contributed by atoms with E-state index in [4.69, 9.17) is 9.47 Å². The highest BCUT2D eigenvalue weighted by molar-refractivity contribution is 5.81. The topological polar surface area (TPSA) is 38.8 Å². The van der Waals surface area contributed by atoms with Crippen LogP contribution in [0.2, 0.25) is 0 Å². The molecule has 1 saturated heterocycles. The first kappa shape index (κ1) is 13.8. The van der Waals surface area contributed by atoms with E-state index in [9.17, 15) is 4.79 Å². The van der Waals surface area contributed by atoms with E-state index in [1.54, 1.807) is 7.11 Å². The van der Waals surface area contributed by atoms with Crippen LogP contribution in [-0.4, -0.2) is 49.8 Å². The van der Waals surface area contributed by atoms with Crippen molar-refractivity contribution >= 4 is 5.91 Å². The Hall–Kier alpha value is -0.610. The van der Waals surface area contributed by atoms with Crippen LogP contribution in [0.25, 0.3) is 0 Å². The predicted molar refractivity (Wildman–Crippen MR) is 69.4 cm³/mol. The zero-order chi connectivity index (χ0) is 13.0. The lowest BCUT2D eigenvalue weighted by Crippen LogP contribution is -2.46. The third kappa shape index (κ3) is 3.23. The molecule has 4 nitrogen and oxygen atoms in total. The van der Waals surface area contributed by atoms with E-state index in [-0.39, 0.29) is 12.0 Å². The highest BCUT2D eigenvalue weighted by Crippen LogP contribution is 2.30. The molecule has 0 radical (unpaired) electrons. The summed E-state index contributed by atoms with van der Waals surface area (Å²) >= 11 is 0. The fourth-order valence-electron chi connectivity index (χ4n) is 3.08. The van der Waals surface area contributed by atoms with Crippen LogP contribution in [-0.2, 0) is 14.3 Å². The molecule has 2 aliphatic rings. The van der Waals surface area contributed by atoms with Gasteiger partial charge in [-0.25, -0.2) is 0 Å². The van der Waals surface area contributed by atoms with E-state index in [0.717, 1.165) is 38.2 Å². The van der Waals surface area contributed by atoms with Crippen molar-refractivity contribution in [2.24, 2.45) is 5.92 Å². The number of hydrogen-bond acceptors (Lipinski definition) is 3. The number of carbonyl (C=O) groups excluding carboxylic acids is 1. The molecule has 0 aromatic carbocycles. The lowest BCUT2D eigenvalue weighted by atomic mass is 10.1. The summed E-state index contributed by atoms with van der Waals surface area (Å²) in [6, 6.07) is 0.395. The van der Waals surface area contributed by atoms with Gasteiger partial charge in [-0.05, 0) is 38.0 Å². The Balaban J connectivity index is 1.96. The maximum atomic E-state index is 12.5. The highest BCUT2D eigenvalue weighted by atomic mass is 16.5. The molecule has 1 amide bonds. The van der Waals surface area contributed by atoms with Gasteiger partial charge in [0.15, 0.2) is 0 Å². The monoisotopic (exact) mass is 255 g/mol. The maximum absolute atomic E-state index is 12.5. The van der Waals surface area contributed by atoms with Gasteiger partial charge in [0, 0.05) is 26.3 Å². The van der Waals surface area contributed by atoms with Crippen LogP contribution >= 0.6 is 0 Å². The van der Waals surface area contributed by atoms with Crippen molar-refractivity contribution < 1.29 is 14.3 Å². The quantitative estimate of drug-likeness (QED) is 0.752. The Morgan fingerprint density at radius 3 is 2.78 bits per heavy atom. The Labute approximate surface area is 110 Å². The van der Waals surface area contributed by atoms with Crippen molar-refractivity contribution in [3.05, 3.63) is 0 Å². The number of carbonyl (C=O) groups is 1. The molecule has 4 heteroatoms. The fraction of sp³-hybridized carbons (Fsp3) is 0.929. The Morgan fingerprint density at radius 2 is 2.22 bits per heavy atom. The minimum Gasteiger partial charge on any atom is -0.383 e. The molecule has 1 aliphatic carbocycles. The molecule has 1 aliphatic heterocycles. The van der Waals surface area contributed by atoms with Gasteiger partial charge in [-0.3, -0.25) is 4.79 Å². The fourth-order valence-corrected chi connectivity index (χ4v) is 3.08. The SMILES string of the molecule is COCCN(C(=O)[C@@H]1CCCO1)[C@@H]1CC[C@@H](C)C1. The van der Waals surface area contributed by atoms with Gasteiger partial charge in [0.2, 0.25) is 0 Å². The minimum atomic E-state index is -0.197. The summed E-state index contributed by atoms with van der Waals surface area (Å²) in [6.45, 7) is 4.32. The van der Waals surface area contributed by atoms with Crippen LogP contribution in [0, 0.1) is 5.92 Å². The molecule has 104 valence electrons. The lowest BCUT2D eigenvalue weighted by molar-refractivity contribution is -0.144. The lowest BCUT2D eigenvalue weighted by Gasteiger charge is -2.31. The molecular weight excluding hydrogens is 230 g/mol. The summed E-state index contributed by atoms with van der Waals surface area (Å²) in [5, 5.41) is 0. The number of ether oxygens (including phenoxy) is 2. The van der Waals surface area contributed by atoms with Crippen LogP contribution in [0.4, 0.5) is 0 Å². The zero-order valence-corrected chi connectivity index (χ0v) is 11.6. The van der Waals surface area contributed by atoms with Gasteiger partial charge in [-0.15, -0.1) is 0 Å². The minimum absolute atomic E-state index is 0.184. The zero-order valence-electron chi connectivity index (χ0n) is 11.6. The van der Waals surface area contributed by atoms with Crippen LogP contribution in [0.1, 0.15) is 39.0 Å². The molecule has 1 saturated carbocycles. The number of amides is 1. The molecule has 3 atom stereocenters. The molecule has 0 bridgehead atoms. The van der Waals surface area contributed by atoms with Crippen LogP contribution in [0.5, 0.6) is 0 Å². The summed E-state index contributed by atoms with van der Waals surface area (Å²) in [4.78, 5) is 14.5. The van der Waals surface area contributed by atoms with Gasteiger partial charge < -0.3 is 14.4 Å². The van der Waals surface area contributed by atoms with Gasteiger partial charge >= 0.3 is 0 Å². The molecule has 2 rings (SSSR count). The van der Waals surface area contributed by atoms with E-state index in [2.05, 4.69) is 6.92 Å². The molecule has 18 heavy (non-hydrogen) atoms. The van der Waals surface area contributed by atoms with Crippen molar-refractivity contribution in [1.29, 1.82) is 0 Å². The number of rotatable bonds is 5. The predicted octanol–water partition coefficient (Wildman–Crippen LogP) is 1.83. The second-order valence-electron chi connectivity index (χ2n) is 5.60. The van der Waals surface area contributed by atoms with E-state index in [0.29, 0.717) is 19.2 Å². The first-order valence-electron chi connectivity index (χ1n) is 7.13. The number of methoxy groups -OCH3 is 1. The molecule has 0 aromatic heterocycles. The summed E-state index contributed by atoms with van der Waals surface area (Å²) in [7, 11) is 1.69. The van der Waals surface area contributed by atoms with Crippen LogP contribution < -0.4 is 0 Å². The number of hydrogen-bond donors (Lipinski definition) is 0. The molecule has 0 aromatic rings. The largest absolute Gasteiger partial charge is 0.383 e. The van der Waals surface area contributed by atoms with Gasteiger partial charge in [0.1, 0.15) is 6.10 Å². The average molecular weight is 255 g/mol. The second-order valence-corrected chi connectivity index (χ2v) is 5.60. The number of nitrogens with zero attached hydrogens (tertiary/aromatic N) is 1. The van der Waals surface area contributed by atoms with Gasteiger partial charge in [-0.2, -0.15) is 0 Å². The smallest absolute Gasteiger partial charge is 0.252 e. The second kappa shape index (κ2) is 6.53. The summed E-state index contributed by atoms with van der Waals surface area (Å²) < 4.78 is 10.7. The normalized spacial score (nSPS) is 31.8. The Bertz CT molecular complexity index is 276. The van der Waals surface area contributed by atoms with Crippen molar-refractivity contribution in [2.45, 2.75) is 51.2 Å². The Kier molecular flexibility index (Phi) is 5.01. The molecular formula is C14H25NO3. The van der Waals surface area contributed by atoms with Crippen LogP contribution in [0.15, 0.2) is 0 Å². The molecule has 0 spiro atoms. The van der Waals surface area contributed by atoms with Crippen molar-refractivity contribution in [1.82, 2.24) is 4.90 Å². The van der Waals surface area contributed by atoms with Gasteiger partial charge in [0.25, 0.3) is 5.91 Å². The summed E-state index contributed by atoms with van der Waals surface area (Å²) in [6.07, 6.45) is 5.18. The highest BCUT2D eigenvalue weighted by Gasteiger charge is 2.34. The first-order valence-corrected chi connectivity index (χ1v) is 7.13. The average Bonchev–Trinajstić information content (AvgIpc) is 3.00. The maximum Gasteiger partial charge on any atom is 0.252 e. The van der Waals surface area contributed by atoms with E-state index in [1.165, 1.54) is 6.42 Å². The third-order valence-electron chi connectivity index (χ3n) is 4.13. The van der Waals surface area contributed by atoms with Crippen LogP contribution in [0.3, 0.4) is 0 Å². The molecule has 2 fully saturated rings. The van der Waals surface area contributed by atoms with Gasteiger partial charge in [0.05, 0.1) is 6.61 Å². The molecule has 1 heterocycles. The first-order chi connectivity index (χ1) is 8.72. The Morgan fingerprint density at radius 1 is 1.39 bits per heavy atom. The molecule has 0 N–H and O–H groups in total. The van der Waals surface area contributed by atoms with E-state index >= 15 is 0 Å². The summed E-state index contributed by atoms with van der Waals surface area (Å²) in [5.74, 6) is 0.918. The van der Waals surface area contributed by atoms with E-state index < -0.39 is 0 Å². The standard InChI is InChI=1S/C14H25NO3/c1-11-5-6-12(10-11)15(7-9-17-2)14(16)13-4-3-8-18-13/h11-13H,3-10H2,1-2H3/t11-,12-,13+/m1/s1. The third-order valence-corrected chi connectivity index (χ3v) is 4.13. The summed E-state index contributed by atoms with van der Waals surface area (Å²) in [5.41, 5.74) is 0.